The summed E-state index contributed by atoms with van der Waals surface area (Å²) in [4.78, 5) is 7.67. The van der Waals surface area contributed by atoms with Crippen LogP contribution in [0.4, 0.5) is 0 Å². The van der Waals surface area contributed by atoms with Crippen LogP contribution in [-0.4, -0.2) is 41.3 Å². The highest BCUT2D eigenvalue weighted by atomic mass is 16.5. The van der Waals surface area contributed by atoms with Crippen LogP contribution in [0, 0.1) is 0 Å². The Balaban J connectivity index is 1.46. The van der Waals surface area contributed by atoms with Crippen molar-refractivity contribution < 1.29 is 9.47 Å². The van der Waals surface area contributed by atoms with E-state index in [1.807, 2.05) is 25.1 Å². The third kappa shape index (κ3) is 5.59. The van der Waals surface area contributed by atoms with Gasteiger partial charge in [-0.15, -0.1) is 0 Å². The fourth-order valence-electron chi connectivity index (χ4n) is 4.80. The molecule has 0 spiro atoms. The fraction of sp³-hybridized carbons (Fsp3) is 0.464. The van der Waals surface area contributed by atoms with Crippen molar-refractivity contribution in [3.8, 4) is 11.5 Å². The number of para-hydroxylation sites is 2. The average Bonchev–Trinajstić information content (AvgIpc) is 3.00. The van der Waals surface area contributed by atoms with Crippen molar-refractivity contribution in [1.82, 2.24) is 14.5 Å². The Kier molecular flexibility index (Phi) is 8.05. The summed E-state index contributed by atoms with van der Waals surface area (Å²) in [5.74, 6) is 2.74. The van der Waals surface area contributed by atoms with Crippen molar-refractivity contribution in [2.45, 2.75) is 58.5 Å². The lowest BCUT2D eigenvalue weighted by atomic mass is 10.2. The molecule has 5 heteroatoms. The Hall–Kier alpha value is -2.79. The van der Waals surface area contributed by atoms with Crippen LogP contribution in [0.5, 0.6) is 11.5 Å². The molecule has 1 aliphatic rings. The SMILES string of the molecule is C/C=C/c1ccc(OCCCn2c(C(C)N3CCCCCC3)nc3ccccc32)c(OC)c1. The highest BCUT2D eigenvalue weighted by Gasteiger charge is 2.23. The predicted molar refractivity (Wildman–Crippen MR) is 136 cm³/mol. The highest BCUT2D eigenvalue weighted by molar-refractivity contribution is 5.76. The van der Waals surface area contributed by atoms with Gasteiger partial charge in [0.2, 0.25) is 0 Å². The van der Waals surface area contributed by atoms with Gasteiger partial charge in [-0.05, 0) is 76.0 Å². The van der Waals surface area contributed by atoms with E-state index in [0.717, 1.165) is 48.6 Å². The van der Waals surface area contributed by atoms with Crippen molar-refractivity contribution in [2.24, 2.45) is 0 Å². The lowest BCUT2D eigenvalue weighted by Gasteiger charge is -2.27. The molecule has 3 aromatic rings. The van der Waals surface area contributed by atoms with Crippen molar-refractivity contribution in [2.75, 3.05) is 26.8 Å². The van der Waals surface area contributed by atoms with Gasteiger partial charge in [0, 0.05) is 6.54 Å². The zero-order valence-electron chi connectivity index (χ0n) is 20.3. The number of allylic oxidation sites excluding steroid dienone is 1. The first-order valence-electron chi connectivity index (χ1n) is 12.3. The maximum absolute atomic E-state index is 6.11. The van der Waals surface area contributed by atoms with Gasteiger partial charge in [0.25, 0.3) is 0 Å². The molecule has 0 radical (unpaired) electrons. The zero-order chi connectivity index (χ0) is 23.0. The van der Waals surface area contributed by atoms with Gasteiger partial charge in [0.15, 0.2) is 11.5 Å². The van der Waals surface area contributed by atoms with E-state index in [1.165, 1.54) is 37.0 Å². The van der Waals surface area contributed by atoms with Gasteiger partial charge >= 0.3 is 0 Å². The Morgan fingerprint density at radius 2 is 1.82 bits per heavy atom. The number of benzene rings is 2. The minimum Gasteiger partial charge on any atom is -0.493 e. The molecule has 2 aromatic carbocycles. The molecule has 33 heavy (non-hydrogen) atoms. The van der Waals surface area contributed by atoms with Gasteiger partial charge in [-0.1, -0.05) is 43.2 Å². The molecule has 2 heterocycles. The number of methoxy groups -OCH3 is 1. The van der Waals surface area contributed by atoms with E-state index < -0.39 is 0 Å². The number of aromatic nitrogens is 2. The molecule has 1 aromatic heterocycles. The van der Waals surface area contributed by atoms with Crippen LogP contribution in [0.25, 0.3) is 17.1 Å². The molecular weight excluding hydrogens is 410 g/mol. The van der Waals surface area contributed by atoms with Crippen molar-refractivity contribution in [3.05, 3.63) is 59.9 Å². The Morgan fingerprint density at radius 3 is 2.58 bits per heavy atom. The third-order valence-corrected chi connectivity index (χ3v) is 6.58. The van der Waals surface area contributed by atoms with Crippen LogP contribution in [0.2, 0.25) is 0 Å². The highest BCUT2D eigenvalue weighted by Crippen LogP contribution is 2.30. The standard InChI is InChI=1S/C28H37N3O2/c1-4-12-23-15-16-26(27(21-23)32-3)33-20-11-19-31-25-14-8-7-13-24(25)29-28(31)22(2)30-17-9-5-6-10-18-30/h4,7-8,12-16,21-22H,5-6,9-11,17-20H2,1-3H3/b12-4+. The molecule has 1 fully saturated rings. The first-order chi connectivity index (χ1) is 16.2. The lowest BCUT2D eigenvalue weighted by Crippen LogP contribution is -2.30. The van der Waals surface area contributed by atoms with Crippen LogP contribution < -0.4 is 9.47 Å². The van der Waals surface area contributed by atoms with E-state index in [9.17, 15) is 0 Å². The van der Waals surface area contributed by atoms with Gasteiger partial charge in [-0.25, -0.2) is 4.98 Å². The van der Waals surface area contributed by atoms with Crippen molar-refractivity contribution in [1.29, 1.82) is 0 Å². The number of hydrogen-bond donors (Lipinski definition) is 0. The molecule has 0 saturated carbocycles. The molecule has 1 atom stereocenters. The van der Waals surface area contributed by atoms with Gasteiger partial charge in [0.1, 0.15) is 5.82 Å². The summed E-state index contributed by atoms with van der Waals surface area (Å²) in [6.07, 6.45) is 10.2. The molecule has 0 N–H and O–H groups in total. The van der Waals surface area contributed by atoms with Gasteiger partial charge in [-0.3, -0.25) is 4.90 Å². The topological polar surface area (TPSA) is 39.5 Å². The van der Waals surface area contributed by atoms with E-state index >= 15 is 0 Å². The first kappa shape index (κ1) is 23.4. The monoisotopic (exact) mass is 447 g/mol. The number of rotatable bonds is 9. The van der Waals surface area contributed by atoms with E-state index in [1.54, 1.807) is 7.11 Å². The van der Waals surface area contributed by atoms with Crippen LogP contribution in [0.3, 0.4) is 0 Å². The summed E-state index contributed by atoms with van der Waals surface area (Å²) < 4.78 is 14.1. The summed E-state index contributed by atoms with van der Waals surface area (Å²) in [6, 6.07) is 14.9. The van der Waals surface area contributed by atoms with Crippen LogP contribution in [0.15, 0.2) is 48.5 Å². The van der Waals surface area contributed by atoms with E-state index in [2.05, 4.69) is 52.8 Å². The maximum atomic E-state index is 6.11. The number of nitrogens with zero attached hydrogens (tertiary/aromatic N) is 3. The second kappa shape index (κ2) is 11.4. The number of likely N-dealkylation sites (tertiary alicyclic amines) is 1. The summed E-state index contributed by atoms with van der Waals surface area (Å²) in [5, 5.41) is 0. The third-order valence-electron chi connectivity index (χ3n) is 6.58. The van der Waals surface area contributed by atoms with Gasteiger partial charge in [0.05, 0.1) is 30.8 Å². The second-order valence-corrected chi connectivity index (χ2v) is 8.85. The molecule has 0 amide bonds. The first-order valence-corrected chi connectivity index (χ1v) is 12.3. The van der Waals surface area contributed by atoms with Crippen molar-refractivity contribution >= 4 is 17.1 Å². The Bertz CT molecular complexity index is 1060. The second-order valence-electron chi connectivity index (χ2n) is 8.85. The van der Waals surface area contributed by atoms with Crippen molar-refractivity contribution in [3.63, 3.8) is 0 Å². The zero-order valence-corrected chi connectivity index (χ0v) is 20.3. The predicted octanol–water partition coefficient (Wildman–Crippen LogP) is 6.48. The molecule has 5 nitrogen and oxygen atoms in total. The fourth-order valence-corrected chi connectivity index (χ4v) is 4.80. The van der Waals surface area contributed by atoms with E-state index in [4.69, 9.17) is 14.5 Å². The van der Waals surface area contributed by atoms with Crippen LogP contribution >= 0.6 is 0 Å². The summed E-state index contributed by atoms with van der Waals surface area (Å²) in [5.41, 5.74) is 3.40. The van der Waals surface area contributed by atoms with Gasteiger partial charge in [-0.2, -0.15) is 0 Å². The molecule has 4 rings (SSSR count). The number of aryl methyl sites for hydroxylation is 1. The number of imidazole rings is 1. The minimum atomic E-state index is 0.315. The molecular formula is C28H37N3O2. The number of ether oxygens (including phenoxy) is 2. The number of hydrogen-bond acceptors (Lipinski definition) is 4. The Labute approximate surface area is 198 Å². The molecule has 1 saturated heterocycles. The van der Waals surface area contributed by atoms with Crippen LogP contribution in [-0.2, 0) is 6.54 Å². The lowest BCUT2D eigenvalue weighted by molar-refractivity contribution is 0.206. The normalized spacial score (nSPS) is 16.2. The van der Waals surface area contributed by atoms with E-state index in [0.29, 0.717) is 12.6 Å². The molecule has 1 aliphatic heterocycles. The average molecular weight is 448 g/mol. The van der Waals surface area contributed by atoms with Crippen LogP contribution in [0.1, 0.15) is 63.4 Å². The maximum Gasteiger partial charge on any atom is 0.161 e. The molecule has 1 unspecified atom stereocenters. The number of fused-ring (bicyclic) bond motifs is 1. The summed E-state index contributed by atoms with van der Waals surface area (Å²) >= 11 is 0. The summed E-state index contributed by atoms with van der Waals surface area (Å²) in [6.45, 7) is 8.17. The molecule has 0 bridgehead atoms. The summed E-state index contributed by atoms with van der Waals surface area (Å²) in [7, 11) is 1.69. The molecule has 0 aliphatic carbocycles. The minimum absolute atomic E-state index is 0.315. The molecule has 176 valence electrons. The largest absolute Gasteiger partial charge is 0.493 e. The van der Waals surface area contributed by atoms with E-state index in [-0.39, 0.29) is 0 Å². The van der Waals surface area contributed by atoms with Gasteiger partial charge < -0.3 is 14.0 Å². The quantitative estimate of drug-likeness (QED) is 0.352. The Morgan fingerprint density at radius 1 is 1.03 bits per heavy atom. The smallest absolute Gasteiger partial charge is 0.161 e.